The van der Waals surface area contributed by atoms with Crippen LogP contribution in [0.1, 0.15) is 36.1 Å². The number of ether oxygens (including phenoxy) is 5. The van der Waals surface area contributed by atoms with Gasteiger partial charge in [0.05, 0.1) is 90.0 Å². The molecule has 12 rings (SSSR count). The summed E-state index contributed by atoms with van der Waals surface area (Å²) in [6.07, 6.45) is -8.79. The van der Waals surface area contributed by atoms with Crippen LogP contribution in [0.2, 0.25) is 0 Å². The Morgan fingerprint density at radius 3 is 1.96 bits per heavy atom. The second kappa shape index (κ2) is 24.1. The third-order valence-corrected chi connectivity index (χ3v) is 18.9. The van der Waals surface area contributed by atoms with Crippen LogP contribution in [-0.4, -0.2) is 151 Å². The summed E-state index contributed by atoms with van der Waals surface area (Å²) in [7, 11) is 1.36. The van der Waals surface area contributed by atoms with E-state index in [1.54, 1.807) is 24.0 Å². The molecule has 0 aliphatic carbocycles. The molecule has 83 heavy (non-hydrogen) atoms. The van der Waals surface area contributed by atoms with E-state index in [9.17, 15) is 9.36 Å². The van der Waals surface area contributed by atoms with Crippen molar-refractivity contribution in [3.63, 3.8) is 0 Å². The van der Waals surface area contributed by atoms with E-state index < -0.39 is 76.7 Å². The minimum atomic E-state index is -4.70. The number of alkyl halides is 2. The molecule has 432 valence electrons. The van der Waals surface area contributed by atoms with Crippen molar-refractivity contribution in [3.8, 4) is 22.5 Å². The monoisotopic (exact) mass is 1200 g/mol. The molecule has 0 saturated carbocycles. The maximum absolute atomic E-state index is 17.0. The predicted octanol–water partition coefficient (Wildman–Crippen LogP) is 6.48. The van der Waals surface area contributed by atoms with E-state index in [-0.39, 0.29) is 52.2 Å². The lowest BCUT2D eigenvalue weighted by atomic mass is 9.95. The Kier molecular flexibility index (Phi) is 16.5. The van der Waals surface area contributed by atoms with Crippen molar-refractivity contribution in [1.82, 2.24) is 54.0 Å². The number of nitrogens with zero attached hydrogens (tertiary/aromatic N) is 12. The van der Waals surface area contributed by atoms with Crippen LogP contribution in [0.5, 0.6) is 0 Å². The Morgan fingerprint density at radius 1 is 0.723 bits per heavy atom. The van der Waals surface area contributed by atoms with Crippen molar-refractivity contribution in [2.45, 2.75) is 81.6 Å². The third-order valence-electron chi connectivity index (χ3n) is 14.2. The van der Waals surface area contributed by atoms with E-state index >= 15 is 13.3 Å². The summed E-state index contributed by atoms with van der Waals surface area (Å²) in [5, 5.41) is 9.10. The lowest BCUT2D eigenvalue weighted by molar-refractivity contribution is -0.116. The first-order valence-electron chi connectivity index (χ1n) is 26.2. The van der Waals surface area contributed by atoms with Crippen molar-refractivity contribution < 1.29 is 64.5 Å². The highest BCUT2D eigenvalue weighted by Crippen LogP contribution is 2.65. The molecule has 3 fully saturated rings. The van der Waals surface area contributed by atoms with E-state index in [0.717, 1.165) is 57.0 Å². The molecule has 0 unspecified atom stereocenters. The van der Waals surface area contributed by atoms with Gasteiger partial charge in [0, 0.05) is 23.8 Å². The number of carbonyl (C=O) groups excluding carboxylic acids is 1. The Morgan fingerprint density at radius 2 is 1.30 bits per heavy atom. The topological polar surface area (TPSA) is 307 Å². The molecule has 3 saturated heterocycles. The molecule has 3 aromatic carbocycles. The Bertz CT molecular complexity index is 3760. The zero-order valence-corrected chi connectivity index (χ0v) is 46.8. The molecule has 0 spiro atoms. The molecule has 4 aliphatic rings. The normalized spacial score (nSPS) is 26.3. The lowest BCUT2D eigenvalue weighted by Gasteiger charge is -2.30. The molecule has 2 radical (unpaired) electrons. The number of fused-ring (bicyclic) bond motifs is 9. The first-order valence-corrected chi connectivity index (χ1v) is 30.9. The summed E-state index contributed by atoms with van der Waals surface area (Å²) in [5.74, 6) is 0.00964. The van der Waals surface area contributed by atoms with Crippen molar-refractivity contribution in [2.75, 3.05) is 62.6 Å². The number of imidazole rings is 2. The van der Waals surface area contributed by atoms with E-state index in [1.165, 1.54) is 28.1 Å². The minimum Gasteiger partial charge on any atom is -0.382 e. The van der Waals surface area contributed by atoms with Gasteiger partial charge >= 0.3 is 6.80 Å². The summed E-state index contributed by atoms with van der Waals surface area (Å²) in [5.41, 5.74) is 19.1. The minimum absolute atomic E-state index is 0.0230. The van der Waals surface area contributed by atoms with Crippen LogP contribution in [-0.2, 0) is 81.2 Å². The van der Waals surface area contributed by atoms with E-state index in [2.05, 4.69) is 40.2 Å². The first-order chi connectivity index (χ1) is 40.2. The summed E-state index contributed by atoms with van der Waals surface area (Å²) >= 11 is 0.736. The Hall–Kier alpha value is -6.66. The first kappa shape index (κ1) is 56.8. The molecular formula is C51H53BF2N14O12P2S. The van der Waals surface area contributed by atoms with Gasteiger partial charge in [-0.3, -0.25) is 27.5 Å². The van der Waals surface area contributed by atoms with Gasteiger partial charge in [-0.2, -0.15) is 0 Å². The van der Waals surface area contributed by atoms with E-state index in [0.29, 0.717) is 51.7 Å². The quantitative estimate of drug-likeness (QED) is 0.0594. The zero-order chi connectivity index (χ0) is 57.4. The molecule has 0 bridgehead atoms. The van der Waals surface area contributed by atoms with E-state index in [1.807, 2.05) is 65.3 Å². The molecule has 8 aromatic rings. The van der Waals surface area contributed by atoms with Gasteiger partial charge in [0.25, 0.3) is 7.47 Å². The van der Waals surface area contributed by atoms with Crippen molar-refractivity contribution in [3.05, 3.63) is 115 Å². The van der Waals surface area contributed by atoms with Gasteiger partial charge in [-0.25, -0.2) is 47.9 Å². The molecule has 4 aliphatic heterocycles. The van der Waals surface area contributed by atoms with Gasteiger partial charge < -0.3 is 49.1 Å². The molecular weight excluding hydrogens is 1140 g/mol. The van der Waals surface area contributed by atoms with Crippen LogP contribution in [0.3, 0.4) is 0 Å². The fourth-order valence-corrected chi connectivity index (χ4v) is 14.6. The average molecular weight is 1200 g/mol. The second-order valence-electron chi connectivity index (χ2n) is 19.6. The number of para-hydroxylation sites is 1. The molecule has 9 heterocycles. The SMILES string of the molecule is [B][P@]1(=O)OC[C@H]2O[C@@H](n3cnc4c(N)ncnc43)[C@H](F)[C@@H]2O[P@@](=O)(SCc2ccc(COCCOCCOCCn3nnc4c3-c3ccccc3N(C(C)=O)Cc3ccccc3-4)cc2)OC[C@H]2O[C@@H](n3cnc4c(N)ncnc43)[C@H](F)[C@@H]2O1. The highest BCUT2D eigenvalue weighted by Gasteiger charge is 2.55. The number of halogens is 2. The number of rotatable bonds is 16. The smallest absolute Gasteiger partial charge is 0.382 e. The molecule has 10 atom stereocenters. The van der Waals surface area contributed by atoms with Crippen LogP contribution in [0.15, 0.2) is 98.1 Å². The van der Waals surface area contributed by atoms with Crippen molar-refractivity contribution in [2.24, 2.45) is 0 Å². The number of benzene rings is 3. The van der Waals surface area contributed by atoms with Gasteiger partial charge in [-0.1, -0.05) is 71.9 Å². The van der Waals surface area contributed by atoms with Crippen LogP contribution in [0, 0.1) is 0 Å². The lowest BCUT2D eigenvalue weighted by Crippen LogP contribution is -2.37. The van der Waals surface area contributed by atoms with Gasteiger partial charge in [0.15, 0.2) is 47.7 Å². The van der Waals surface area contributed by atoms with Crippen LogP contribution in [0.4, 0.5) is 26.1 Å². The predicted molar refractivity (Wildman–Crippen MR) is 296 cm³/mol. The van der Waals surface area contributed by atoms with E-state index in [4.69, 9.17) is 60.8 Å². The highest BCUT2D eigenvalue weighted by atomic mass is 32.7. The Labute approximate surface area is 477 Å². The summed E-state index contributed by atoms with van der Waals surface area (Å²) in [6, 6.07) is 22.9. The standard InChI is InChI=1S/C51H53BF2N14O12P2S/c1-29(69)65-20-32-6-2-3-7-33(32)40-43(34-8-4-5-9-35(34)65)68(64-63-40)14-15-72-16-17-73-18-19-74-21-30-10-12-31(13-11-30)24-83-82(71)76-23-37-44(38(53)50(78-37)66-27-61-41-46(55)57-25-59-48(41)66)79-81(52,70)75-22-36-45(80-82)39(54)51(77-36)67-28-62-42-47(56)58-26-60-49(42)67/h2-13,25-28,36-39,44-45,50-51H,14-24H2,1H3,(H2,55,57,59)(H2,56,58,60)/t36-,37-,38-,39-,44-,45-,50-,51-,81+,82+/m1/s1. The number of anilines is 3. The van der Waals surface area contributed by atoms with Gasteiger partial charge in [0.2, 0.25) is 13.5 Å². The average Bonchev–Trinajstić information content (AvgIpc) is 3.26. The van der Waals surface area contributed by atoms with Crippen molar-refractivity contribution >= 4 is 78.8 Å². The van der Waals surface area contributed by atoms with Gasteiger partial charge in [-0.15, -0.1) is 5.10 Å². The molecule has 1 amide bonds. The number of carbonyl (C=O) groups is 1. The summed E-state index contributed by atoms with van der Waals surface area (Å²) in [6.45, 7) is -1.67. The molecule has 4 N–H and O–H groups in total. The number of amides is 1. The van der Waals surface area contributed by atoms with Gasteiger partial charge in [-0.05, 0) is 34.1 Å². The fourth-order valence-electron chi connectivity index (χ4n) is 10.2. The van der Waals surface area contributed by atoms with Gasteiger partial charge in [0.1, 0.15) is 53.8 Å². The maximum Gasteiger partial charge on any atom is 0.389 e. The number of nitrogens with two attached hydrogens (primary N) is 2. The van der Waals surface area contributed by atoms with Crippen LogP contribution >= 0.6 is 25.7 Å². The second-order valence-corrected chi connectivity index (χ2v) is 25.1. The van der Waals surface area contributed by atoms with Crippen LogP contribution < -0.4 is 16.4 Å². The highest BCUT2D eigenvalue weighted by molar-refractivity contribution is 8.54. The maximum atomic E-state index is 17.0. The van der Waals surface area contributed by atoms with Crippen LogP contribution in [0.25, 0.3) is 44.8 Å². The number of hydrogen-bond acceptors (Lipinski definition) is 23. The fraction of sp³-hybridized carbons (Fsp3) is 0.392. The molecule has 5 aromatic heterocycles. The Balaban J connectivity index is 0.660. The number of nitrogen functional groups attached to an aromatic ring is 2. The molecule has 32 heteroatoms. The zero-order valence-electron chi connectivity index (χ0n) is 44.2. The third kappa shape index (κ3) is 11.8. The summed E-state index contributed by atoms with van der Waals surface area (Å²) < 4.78 is 120. The summed E-state index contributed by atoms with van der Waals surface area (Å²) in [4.78, 5) is 39.3. The largest absolute Gasteiger partial charge is 0.389 e. The number of aromatic nitrogens is 11. The molecule has 26 nitrogen and oxygen atoms in total. The number of hydrogen-bond donors (Lipinski definition) is 2. The van der Waals surface area contributed by atoms with Crippen molar-refractivity contribution in [1.29, 1.82) is 0 Å².